The Labute approximate surface area is 103 Å². The van der Waals surface area contributed by atoms with Crippen LogP contribution in [0.4, 0.5) is 4.39 Å². The minimum Gasteiger partial charge on any atom is -0.321 e. The van der Waals surface area contributed by atoms with Gasteiger partial charge in [0.1, 0.15) is 5.82 Å². The van der Waals surface area contributed by atoms with E-state index in [1.807, 2.05) is 6.07 Å². The maximum absolute atomic E-state index is 13.1. The van der Waals surface area contributed by atoms with Crippen molar-refractivity contribution in [3.63, 3.8) is 0 Å². The summed E-state index contributed by atoms with van der Waals surface area (Å²) in [5.74, 6) is 0.586. The Balaban J connectivity index is 2.08. The molecule has 1 aliphatic carbocycles. The molecule has 0 amide bonds. The van der Waals surface area contributed by atoms with Gasteiger partial charge in [0.2, 0.25) is 0 Å². The number of benzene rings is 1. The van der Waals surface area contributed by atoms with Crippen molar-refractivity contribution < 1.29 is 4.39 Å². The molecule has 1 unspecified atom stereocenters. The molecule has 0 bridgehead atoms. The summed E-state index contributed by atoms with van der Waals surface area (Å²) in [6.45, 7) is 4.47. The lowest BCUT2D eigenvalue weighted by atomic mass is 9.86. The summed E-state index contributed by atoms with van der Waals surface area (Å²) in [5.41, 5.74) is 8.55. The Hall–Kier alpha value is -0.890. The molecule has 0 heterocycles. The van der Waals surface area contributed by atoms with Gasteiger partial charge in [0, 0.05) is 5.54 Å². The molecule has 1 aromatic carbocycles. The molecule has 0 fully saturated rings. The van der Waals surface area contributed by atoms with Crippen LogP contribution in [0.2, 0.25) is 0 Å². The predicted octanol–water partition coefficient (Wildman–Crippen LogP) is 3.75. The summed E-state index contributed by atoms with van der Waals surface area (Å²) in [5, 5.41) is 0. The summed E-state index contributed by atoms with van der Waals surface area (Å²) < 4.78 is 13.1. The van der Waals surface area contributed by atoms with E-state index in [0.717, 1.165) is 37.2 Å². The Morgan fingerprint density at radius 1 is 1.41 bits per heavy atom. The van der Waals surface area contributed by atoms with Crippen LogP contribution in [0.25, 0.3) is 0 Å². The topological polar surface area (TPSA) is 26.0 Å². The van der Waals surface area contributed by atoms with Gasteiger partial charge in [-0.25, -0.2) is 4.39 Å². The molecule has 0 spiro atoms. The van der Waals surface area contributed by atoms with Crippen LogP contribution >= 0.6 is 0 Å². The molecule has 1 aromatic rings. The second-order valence-corrected chi connectivity index (χ2v) is 5.74. The van der Waals surface area contributed by atoms with Gasteiger partial charge in [-0.15, -0.1) is 0 Å². The van der Waals surface area contributed by atoms with Crippen molar-refractivity contribution in [2.24, 2.45) is 11.7 Å². The minimum absolute atomic E-state index is 0.143. The van der Waals surface area contributed by atoms with Crippen molar-refractivity contribution in [3.05, 3.63) is 35.1 Å². The predicted molar refractivity (Wildman–Crippen MR) is 69.3 cm³/mol. The first-order chi connectivity index (χ1) is 8.01. The van der Waals surface area contributed by atoms with Crippen molar-refractivity contribution in [2.75, 3.05) is 0 Å². The lowest BCUT2D eigenvalue weighted by Gasteiger charge is -2.26. The largest absolute Gasteiger partial charge is 0.321 e. The van der Waals surface area contributed by atoms with Crippen molar-refractivity contribution in [1.82, 2.24) is 0 Å². The van der Waals surface area contributed by atoms with Crippen LogP contribution in [0.5, 0.6) is 0 Å². The molecule has 2 heteroatoms. The zero-order valence-corrected chi connectivity index (χ0v) is 10.8. The fraction of sp³-hybridized carbons (Fsp3) is 0.600. The lowest BCUT2D eigenvalue weighted by Crippen LogP contribution is -2.34. The number of hydrogen-bond acceptors (Lipinski definition) is 1. The first kappa shape index (κ1) is 12.6. The van der Waals surface area contributed by atoms with Gasteiger partial charge in [-0.3, -0.25) is 0 Å². The fourth-order valence-electron chi connectivity index (χ4n) is 2.83. The fourth-order valence-corrected chi connectivity index (χ4v) is 2.83. The quantitative estimate of drug-likeness (QED) is 0.845. The molecule has 0 saturated carbocycles. The SMILES string of the molecule is CC(C)CCCC1(N)CCc2cc(F)ccc21. The molecule has 94 valence electrons. The van der Waals surface area contributed by atoms with Gasteiger partial charge in [-0.05, 0) is 48.4 Å². The van der Waals surface area contributed by atoms with Crippen molar-refractivity contribution in [1.29, 1.82) is 0 Å². The number of aryl methyl sites for hydroxylation is 1. The van der Waals surface area contributed by atoms with Crippen LogP contribution in [0, 0.1) is 11.7 Å². The van der Waals surface area contributed by atoms with Crippen molar-refractivity contribution >= 4 is 0 Å². The first-order valence-corrected chi connectivity index (χ1v) is 6.59. The summed E-state index contributed by atoms with van der Waals surface area (Å²) >= 11 is 0. The smallest absolute Gasteiger partial charge is 0.123 e. The lowest BCUT2D eigenvalue weighted by molar-refractivity contribution is 0.373. The Kier molecular flexibility index (Phi) is 3.53. The molecule has 0 aliphatic heterocycles. The first-order valence-electron chi connectivity index (χ1n) is 6.59. The monoisotopic (exact) mass is 235 g/mol. The molecule has 2 N–H and O–H groups in total. The van der Waals surface area contributed by atoms with Crippen molar-refractivity contribution in [3.8, 4) is 0 Å². The molecule has 1 aliphatic rings. The van der Waals surface area contributed by atoms with E-state index in [0.29, 0.717) is 0 Å². The van der Waals surface area contributed by atoms with E-state index in [1.165, 1.54) is 18.1 Å². The van der Waals surface area contributed by atoms with Crippen LogP contribution in [0.1, 0.15) is 50.7 Å². The van der Waals surface area contributed by atoms with Gasteiger partial charge < -0.3 is 5.73 Å². The third kappa shape index (κ3) is 2.68. The van der Waals surface area contributed by atoms with Gasteiger partial charge in [0.25, 0.3) is 0 Å². The second kappa shape index (κ2) is 4.77. The van der Waals surface area contributed by atoms with E-state index in [-0.39, 0.29) is 11.4 Å². The van der Waals surface area contributed by atoms with Gasteiger partial charge in [-0.1, -0.05) is 32.8 Å². The highest BCUT2D eigenvalue weighted by atomic mass is 19.1. The highest BCUT2D eigenvalue weighted by Crippen LogP contribution is 2.38. The van der Waals surface area contributed by atoms with E-state index in [1.54, 1.807) is 6.07 Å². The number of rotatable bonds is 4. The van der Waals surface area contributed by atoms with E-state index in [9.17, 15) is 4.39 Å². The van der Waals surface area contributed by atoms with E-state index < -0.39 is 0 Å². The van der Waals surface area contributed by atoms with Gasteiger partial charge >= 0.3 is 0 Å². The molecule has 0 saturated heterocycles. The third-order valence-corrected chi connectivity index (χ3v) is 3.85. The van der Waals surface area contributed by atoms with Crippen LogP contribution < -0.4 is 5.73 Å². The zero-order chi connectivity index (χ0) is 12.5. The average Bonchev–Trinajstić information content (AvgIpc) is 2.56. The van der Waals surface area contributed by atoms with Gasteiger partial charge in [0.05, 0.1) is 0 Å². The molecular weight excluding hydrogens is 213 g/mol. The zero-order valence-electron chi connectivity index (χ0n) is 10.8. The Morgan fingerprint density at radius 3 is 2.88 bits per heavy atom. The van der Waals surface area contributed by atoms with Gasteiger partial charge in [-0.2, -0.15) is 0 Å². The van der Waals surface area contributed by atoms with Crippen LogP contribution in [0.3, 0.4) is 0 Å². The molecule has 17 heavy (non-hydrogen) atoms. The Morgan fingerprint density at radius 2 is 2.18 bits per heavy atom. The minimum atomic E-state index is -0.210. The van der Waals surface area contributed by atoms with Crippen LogP contribution in [-0.2, 0) is 12.0 Å². The molecular formula is C15H22FN. The molecule has 2 rings (SSSR count). The summed E-state index contributed by atoms with van der Waals surface area (Å²) in [4.78, 5) is 0. The summed E-state index contributed by atoms with van der Waals surface area (Å²) in [7, 11) is 0. The molecule has 1 nitrogen and oxygen atoms in total. The van der Waals surface area contributed by atoms with Gasteiger partial charge in [0.15, 0.2) is 0 Å². The number of nitrogens with two attached hydrogens (primary N) is 1. The number of halogens is 1. The molecule has 0 radical (unpaired) electrons. The normalized spacial score (nSPS) is 23.1. The highest BCUT2D eigenvalue weighted by molar-refractivity contribution is 5.38. The maximum Gasteiger partial charge on any atom is 0.123 e. The van der Waals surface area contributed by atoms with E-state index in [4.69, 9.17) is 5.73 Å². The van der Waals surface area contributed by atoms with Crippen LogP contribution in [0.15, 0.2) is 18.2 Å². The summed E-state index contributed by atoms with van der Waals surface area (Å²) in [6, 6.07) is 5.06. The number of hydrogen-bond donors (Lipinski definition) is 1. The van der Waals surface area contributed by atoms with E-state index in [2.05, 4.69) is 13.8 Å². The standard InChI is InChI=1S/C15H22FN/c1-11(2)4-3-8-15(17)9-7-12-10-13(16)5-6-14(12)15/h5-6,10-11H,3-4,7-9,17H2,1-2H3. The maximum atomic E-state index is 13.1. The van der Waals surface area contributed by atoms with Crippen molar-refractivity contribution in [2.45, 2.75) is 51.5 Å². The highest BCUT2D eigenvalue weighted by Gasteiger charge is 2.34. The van der Waals surface area contributed by atoms with Crippen LogP contribution in [-0.4, -0.2) is 0 Å². The molecule has 1 atom stereocenters. The average molecular weight is 235 g/mol. The van der Waals surface area contributed by atoms with E-state index >= 15 is 0 Å². The third-order valence-electron chi connectivity index (χ3n) is 3.85. The molecule has 0 aromatic heterocycles. The summed E-state index contributed by atoms with van der Waals surface area (Å²) in [6.07, 6.45) is 5.28. The Bertz CT molecular complexity index is 400. The number of fused-ring (bicyclic) bond motifs is 1. The second-order valence-electron chi connectivity index (χ2n) is 5.74.